The first-order valence-electron chi connectivity index (χ1n) is 6.79. The van der Waals surface area contributed by atoms with Gasteiger partial charge in [-0.15, -0.1) is 0 Å². The van der Waals surface area contributed by atoms with Gasteiger partial charge in [-0.3, -0.25) is 0 Å². The van der Waals surface area contributed by atoms with Crippen molar-refractivity contribution in [3.63, 3.8) is 0 Å². The van der Waals surface area contributed by atoms with Gasteiger partial charge in [0.1, 0.15) is 0 Å². The topological polar surface area (TPSA) is 55.2 Å². The molecule has 1 N–H and O–H groups in total. The fourth-order valence-electron chi connectivity index (χ4n) is 2.52. The molecule has 1 aromatic rings. The Bertz CT molecular complexity index is 389. The van der Waals surface area contributed by atoms with E-state index >= 15 is 0 Å². The summed E-state index contributed by atoms with van der Waals surface area (Å²) < 4.78 is 5.35. The van der Waals surface area contributed by atoms with Crippen LogP contribution in [-0.2, 0) is 11.2 Å². The molecule has 2 heterocycles. The number of ether oxygens (including phenoxy) is 1. The lowest BCUT2D eigenvalue weighted by Crippen LogP contribution is -2.19. The van der Waals surface area contributed by atoms with Crippen molar-refractivity contribution in [1.29, 1.82) is 0 Å². The molecule has 4 heteroatoms. The predicted molar refractivity (Wildman–Crippen MR) is 69.3 cm³/mol. The number of hydrogen-bond acceptors (Lipinski definition) is 4. The van der Waals surface area contributed by atoms with Crippen molar-refractivity contribution < 1.29 is 9.84 Å². The Hall–Kier alpha value is -1.00. The highest BCUT2D eigenvalue weighted by Crippen LogP contribution is 2.28. The Labute approximate surface area is 108 Å². The number of rotatable bonds is 4. The number of aliphatic hydroxyl groups excluding tert-OH is 1. The molecule has 0 aliphatic carbocycles. The maximum atomic E-state index is 10.4. The van der Waals surface area contributed by atoms with Gasteiger partial charge in [-0.2, -0.15) is 10.2 Å². The summed E-state index contributed by atoms with van der Waals surface area (Å²) in [5.41, 5.74) is 2.74. The third-order valence-corrected chi connectivity index (χ3v) is 3.62. The van der Waals surface area contributed by atoms with Crippen molar-refractivity contribution in [2.45, 2.75) is 45.6 Å². The fraction of sp³-hybridized carbons (Fsp3) is 0.714. The first-order valence-corrected chi connectivity index (χ1v) is 6.79. The van der Waals surface area contributed by atoms with E-state index in [4.69, 9.17) is 4.74 Å². The average Bonchev–Trinajstić information content (AvgIpc) is 2.40. The standard InChI is InChI=1S/C14H22N2O2/c1-3-13-12(8-10(2)15-16-13)14(17)9-11-4-6-18-7-5-11/h8,11,14,17H,3-7,9H2,1-2H3. The Morgan fingerprint density at radius 3 is 2.78 bits per heavy atom. The third-order valence-electron chi connectivity index (χ3n) is 3.62. The molecule has 1 aliphatic rings. The summed E-state index contributed by atoms with van der Waals surface area (Å²) >= 11 is 0. The van der Waals surface area contributed by atoms with Crippen molar-refractivity contribution >= 4 is 0 Å². The van der Waals surface area contributed by atoms with E-state index in [2.05, 4.69) is 10.2 Å². The zero-order chi connectivity index (χ0) is 13.0. The van der Waals surface area contributed by atoms with E-state index in [0.29, 0.717) is 5.92 Å². The Morgan fingerprint density at radius 1 is 1.39 bits per heavy atom. The zero-order valence-electron chi connectivity index (χ0n) is 11.2. The number of aromatic nitrogens is 2. The van der Waals surface area contributed by atoms with Crippen LogP contribution >= 0.6 is 0 Å². The predicted octanol–water partition coefficient (Wildman–Crippen LogP) is 2.20. The number of aliphatic hydroxyl groups is 1. The quantitative estimate of drug-likeness (QED) is 0.890. The summed E-state index contributed by atoms with van der Waals surface area (Å²) in [5, 5.41) is 18.6. The lowest BCUT2D eigenvalue weighted by Gasteiger charge is -2.25. The summed E-state index contributed by atoms with van der Waals surface area (Å²) in [5.74, 6) is 0.562. The van der Waals surface area contributed by atoms with E-state index in [-0.39, 0.29) is 0 Å². The van der Waals surface area contributed by atoms with E-state index in [0.717, 1.165) is 55.8 Å². The van der Waals surface area contributed by atoms with Crippen LogP contribution in [0, 0.1) is 12.8 Å². The van der Waals surface area contributed by atoms with E-state index < -0.39 is 6.10 Å². The largest absolute Gasteiger partial charge is 0.388 e. The molecule has 2 rings (SSSR count). The summed E-state index contributed by atoms with van der Waals surface area (Å²) in [4.78, 5) is 0. The first kappa shape index (κ1) is 13.4. The molecular formula is C14H22N2O2. The average molecular weight is 250 g/mol. The number of aryl methyl sites for hydroxylation is 2. The Balaban J connectivity index is 2.07. The SMILES string of the molecule is CCc1nnc(C)cc1C(O)CC1CCOCC1. The van der Waals surface area contributed by atoms with E-state index in [1.165, 1.54) is 0 Å². The highest BCUT2D eigenvalue weighted by molar-refractivity contribution is 5.23. The van der Waals surface area contributed by atoms with Crippen molar-refractivity contribution in [1.82, 2.24) is 10.2 Å². The van der Waals surface area contributed by atoms with Gasteiger partial charge in [-0.1, -0.05) is 6.92 Å². The summed E-state index contributed by atoms with van der Waals surface area (Å²) in [6, 6.07) is 1.97. The molecule has 1 unspecified atom stereocenters. The lowest BCUT2D eigenvalue weighted by atomic mass is 9.90. The van der Waals surface area contributed by atoms with Gasteiger partial charge in [0.05, 0.1) is 17.5 Å². The van der Waals surface area contributed by atoms with Crippen LogP contribution in [0.2, 0.25) is 0 Å². The van der Waals surface area contributed by atoms with Gasteiger partial charge >= 0.3 is 0 Å². The van der Waals surface area contributed by atoms with Gasteiger partial charge < -0.3 is 9.84 Å². The van der Waals surface area contributed by atoms with Crippen LogP contribution in [-0.4, -0.2) is 28.5 Å². The summed E-state index contributed by atoms with van der Waals surface area (Å²) in [6.45, 7) is 5.61. The maximum Gasteiger partial charge on any atom is 0.0811 e. The lowest BCUT2D eigenvalue weighted by molar-refractivity contribution is 0.0432. The normalized spacial score (nSPS) is 18.8. The van der Waals surface area contributed by atoms with E-state index in [1.54, 1.807) is 0 Å². The molecule has 1 aliphatic heterocycles. The second kappa shape index (κ2) is 6.25. The second-order valence-corrected chi connectivity index (χ2v) is 5.05. The van der Waals surface area contributed by atoms with Crippen molar-refractivity contribution in [3.05, 3.63) is 23.0 Å². The molecule has 1 saturated heterocycles. The Morgan fingerprint density at radius 2 is 2.11 bits per heavy atom. The molecule has 0 aromatic carbocycles. The molecule has 18 heavy (non-hydrogen) atoms. The van der Waals surface area contributed by atoms with Gasteiger partial charge in [0, 0.05) is 18.8 Å². The van der Waals surface area contributed by atoms with Crippen molar-refractivity contribution in [3.8, 4) is 0 Å². The van der Waals surface area contributed by atoms with Crippen LogP contribution in [0.25, 0.3) is 0 Å². The first-order chi connectivity index (χ1) is 8.70. The zero-order valence-corrected chi connectivity index (χ0v) is 11.2. The molecule has 4 nitrogen and oxygen atoms in total. The monoisotopic (exact) mass is 250 g/mol. The third kappa shape index (κ3) is 3.27. The minimum Gasteiger partial charge on any atom is -0.388 e. The van der Waals surface area contributed by atoms with Crippen molar-refractivity contribution in [2.24, 2.45) is 5.92 Å². The van der Waals surface area contributed by atoms with Crippen LogP contribution in [0.3, 0.4) is 0 Å². The van der Waals surface area contributed by atoms with Crippen molar-refractivity contribution in [2.75, 3.05) is 13.2 Å². The van der Waals surface area contributed by atoms with Gasteiger partial charge in [-0.05, 0) is 44.6 Å². The van der Waals surface area contributed by atoms with E-state index in [1.807, 2.05) is 19.9 Å². The number of nitrogens with zero attached hydrogens (tertiary/aromatic N) is 2. The minimum atomic E-state index is -0.419. The van der Waals surface area contributed by atoms with Crippen LogP contribution in [0.1, 0.15) is 49.2 Å². The van der Waals surface area contributed by atoms with Gasteiger partial charge in [-0.25, -0.2) is 0 Å². The molecule has 0 radical (unpaired) electrons. The molecule has 1 atom stereocenters. The summed E-state index contributed by atoms with van der Waals surface area (Å²) in [6.07, 6.45) is 3.30. The summed E-state index contributed by atoms with van der Waals surface area (Å²) in [7, 11) is 0. The van der Waals surface area contributed by atoms with E-state index in [9.17, 15) is 5.11 Å². The van der Waals surface area contributed by atoms with Gasteiger partial charge in [0.2, 0.25) is 0 Å². The molecular weight excluding hydrogens is 228 g/mol. The fourth-order valence-corrected chi connectivity index (χ4v) is 2.52. The van der Waals surface area contributed by atoms with Crippen LogP contribution < -0.4 is 0 Å². The van der Waals surface area contributed by atoms with Gasteiger partial charge in [0.15, 0.2) is 0 Å². The van der Waals surface area contributed by atoms with Gasteiger partial charge in [0.25, 0.3) is 0 Å². The number of hydrogen-bond donors (Lipinski definition) is 1. The molecule has 0 saturated carbocycles. The van der Waals surface area contributed by atoms with Crippen LogP contribution in [0.15, 0.2) is 6.07 Å². The molecule has 0 amide bonds. The van der Waals surface area contributed by atoms with Crippen LogP contribution in [0.5, 0.6) is 0 Å². The molecule has 1 fully saturated rings. The molecule has 1 aromatic heterocycles. The Kier molecular flexibility index (Phi) is 4.66. The highest BCUT2D eigenvalue weighted by Gasteiger charge is 2.21. The molecule has 100 valence electrons. The second-order valence-electron chi connectivity index (χ2n) is 5.05. The van der Waals surface area contributed by atoms with Crippen LogP contribution in [0.4, 0.5) is 0 Å². The molecule has 0 spiro atoms. The molecule has 0 bridgehead atoms. The minimum absolute atomic E-state index is 0.419. The highest BCUT2D eigenvalue weighted by atomic mass is 16.5. The smallest absolute Gasteiger partial charge is 0.0811 e. The maximum absolute atomic E-state index is 10.4.